The predicted octanol–water partition coefficient (Wildman–Crippen LogP) is 3.88. The van der Waals surface area contributed by atoms with Crippen molar-refractivity contribution in [2.75, 3.05) is 18.8 Å². The second-order valence-electron chi connectivity index (χ2n) is 6.43. The predicted molar refractivity (Wildman–Crippen MR) is 98.8 cm³/mol. The number of rotatable bonds is 5. The van der Waals surface area contributed by atoms with Gasteiger partial charge in [-0.05, 0) is 55.3 Å². The van der Waals surface area contributed by atoms with Gasteiger partial charge >= 0.3 is 0 Å². The van der Waals surface area contributed by atoms with Crippen molar-refractivity contribution in [3.8, 4) is 5.75 Å². The molecule has 1 saturated heterocycles. The summed E-state index contributed by atoms with van der Waals surface area (Å²) in [5.41, 5.74) is 0.562. The zero-order chi connectivity index (χ0) is 19.4. The largest absolute Gasteiger partial charge is 0.508 e. The van der Waals surface area contributed by atoms with Crippen molar-refractivity contribution < 1.29 is 23.5 Å². The number of carbonyl (C=O) groups is 2. The Hall–Kier alpha value is -2.41. The van der Waals surface area contributed by atoms with E-state index in [0.717, 1.165) is 23.9 Å². The van der Waals surface area contributed by atoms with E-state index >= 15 is 0 Å². The molecule has 1 heterocycles. The average molecular weight is 391 g/mol. The minimum absolute atomic E-state index is 0.0262. The van der Waals surface area contributed by atoms with E-state index in [4.69, 9.17) is 0 Å². The first-order valence-corrected chi connectivity index (χ1v) is 9.61. The van der Waals surface area contributed by atoms with Gasteiger partial charge in [-0.1, -0.05) is 0 Å². The molecule has 0 unspecified atom stereocenters. The minimum atomic E-state index is -0.930. The number of hydrogen-bond acceptors (Lipinski definition) is 4. The number of phenolic OH excluding ortho intramolecular Hbond substituents is 1. The van der Waals surface area contributed by atoms with Crippen molar-refractivity contribution in [1.82, 2.24) is 4.90 Å². The van der Waals surface area contributed by atoms with Crippen LogP contribution in [0.2, 0.25) is 0 Å². The van der Waals surface area contributed by atoms with Crippen LogP contribution in [0.15, 0.2) is 47.4 Å². The molecule has 0 radical (unpaired) electrons. The van der Waals surface area contributed by atoms with Crippen molar-refractivity contribution in [2.24, 2.45) is 5.92 Å². The molecule has 7 heteroatoms. The fourth-order valence-corrected chi connectivity index (χ4v) is 3.88. The van der Waals surface area contributed by atoms with Crippen molar-refractivity contribution in [1.29, 1.82) is 0 Å². The second kappa shape index (κ2) is 8.52. The Morgan fingerprint density at radius 1 is 1.04 bits per heavy atom. The number of thioether (sulfide) groups is 1. The Labute approximate surface area is 160 Å². The number of halogens is 2. The van der Waals surface area contributed by atoms with E-state index in [2.05, 4.69) is 0 Å². The van der Waals surface area contributed by atoms with Crippen molar-refractivity contribution in [2.45, 2.75) is 17.7 Å². The Bertz CT molecular complexity index is 834. The molecule has 0 bridgehead atoms. The molecular weight excluding hydrogens is 372 g/mol. The first-order valence-electron chi connectivity index (χ1n) is 8.63. The van der Waals surface area contributed by atoms with Gasteiger partial charge in [0.15, 0.2) is 17.4 Å². The molecule has 0 saturated carbocycles. The quantitative estimate of drug-likeness (QED) is 0.621. The molecule has 4 nitrogen and oxygen atoms in total. The maximum Gasteiger partial charge on any atom is 0.232 e. The fourth-order valence-electron chi connectivity index (χ4n) is 3.06. The van der Waals surface area contributed by atoms with Crippen LogP contribution >= 0.6 is 11.8 Å². The van der Waals surface area contributed by atoms with Crippen LogP contribution in [0.4, 0.5) is 8.78 Å². The molecule has 0 aliphatic carbocycles. The topological polar surface area (TPSA) is 57.6 Å². The van der Waals surface area contributed by atoms with Gasteiger partial charge in [0, 0.05) is 29.5 Å². The SMILES string of the molecule is O=C(c1ccc(O)cc1)C1CCN(C(=O)CSc2ccc(F)c(F)c2)CC1. The number of likely N-dealkylation sites (tertiary alicyclic amines) is 1. The maximum absolute atomic E-state index is 13.2. The number of ketones is 1. The third-order valence-electron chi connectivity index (χ3n) is 4.62. The van der Waals surface area contributed by atoms with E-state index in [1.165, 1.54) is 18.2 Å². The van der Waals surface area contributed by atoms with E-state index in [9.17, 15) is 23.5 Å². The van der Waals surface area contributed by atoms with E-state index in [0.29, 0.717) is 36.4 Å². The molecule has 1 fully saturated rings. The lowest BCUT2D eigenvalue weighted by molar-refractivity contribution is -0.129. The maximum atomic E-state index is 13.2. The first kappa shape index (κ1) is 19.4. The van der Waals surface area contributed by atoms with Crippen LogP contribution in [0.25, 0.3) is 0 Å². The molecule has 0 spiro atoms. The second-order valence-corrected chi connectivity index (χ2v) is 7.48. The van der Waals surface area contributed by atoms with Gasteiger partial charge < -0.3 is 10.0 Å². The highest BCUT2D eigenvalue weighted by Crippen LogP contribution is 2.25. The van der Waals surface area contributed by atoms with Crippen LogP contribution in [-0.2, 0) is 4.79 Å². The monoisotopic (exact) mass is 391 g/mol. The standard InChI is InChI=1S/C20H19F2NO3S/c21-17-6-5-16(11-18(17)22)27-12-19(25)23-9-7-14(8-10-23)20(26)13-1-3-15(24)4-2-13/h1-6,11,14,24H,7-10,12H2. The van der Waals surface area contributed by atoms with Gasteiger partial charge in [0.2, 0.25) is 5.91 Å². The Balaban J connectivity index is 1.49. The Kier molecular flexibility index (Phi) is 6.11. The van der Waals surface area contributed by atoms with Gasteiger partial charge in [0.1, 0.15) is 5.75 Å². The van der Waals surface area contributed by atoms with Crippen LogP contribution in [0.3, 0.4) is 0 Å². The van der Waals surface area contributed by atoms with E-state index < -0.39 is 11.6 Å². The molecule has 1 aliphatic heterocycles. The summed E-state index contributed by atoms with van der Waals surface area (Å²) in [6.07, 6.45) is 1.17. The van der Waals surface area contributed by atoms with E-state index in [-0.39, 0.29) is 29.1 Å². The molecule has 2 aromatic carbocycles. The van der Waals surface area contributed by atoms with Gasteiger partial charge in [0.25, 0.3) is 0 Å². The van der Waals surface area contributed by atoms with Crippen LogP contribution in [-0.4, -0.2) is 40.5 Å². The summed E-state index contributed by atoms with van der Waals surface area (Å²) in [7, 11) is 0. The molecule has 1 aliphatic rings. The molecule has 0 atom stereocenters. The number of amides is 1. The summed E-state index contributed by atoms with van der Waals surface area (Å²) in [4.78, 5) is 27.0. The molecule has 3 rings (SSSR count). The number of nitrogens with zero attached hydrogens (tertiary/aromatic N) is 1. The van der Waals surface area contributed by atoms with Crippen LogP contribution in [0.5, 0.6) is 5.75 Å². The lowest BCUT2D eigenvalue weighted by Crippen LogP contribution is -2.41. The number of hydrogen-bond donors (Lipinski definition) is 1. The average Bonchev–Trinajstić information content (AvgIpc) is 2.69. The number of piperidine rings is 1. The normalized spacial score (nSPS) is 15.0. The third-order valence-corrected chi connectivity index (χ3v) is 5.60. The molecule has 27 heavy (non-hydrogen) atoms. The fraction of sp³-hybridized carbons (Fsp3) is 0.300. The molecule has 2 aromatic rings. The van der Waals surface area contributed by atoms with Crippen LogP contribution < -0.4 is 0 Å². The highest BCUT2D eigenvalue weighted by atomic mass is 32.2. The van der Waals surface area contributed by atoms with E-state index in [1.807, 2.05) is 0 Å². The lowest BCUT2D eigenvalue weighted by Gasteiger charge is -2.31. The van der Waals surface area contributed by atoms with Crippen molar-refractivity contribution in [3.63, 3.8) is 0 Å². The summed E-state index contributed by atoms with van der Waals surface area (Å²) < 4.78 is 26.1. The van der Waals surface area contributed by atoms with Crippen molar-refractivity contribution >= 4 is 23.5 Å². The summed E-state index contributed by atoms with van der Waals surface area (Å²) >= 11 is 1.16. The number of phenols is 1. The van der Waals surface area contributed by atoms with Crippen LogP contribution in [0, 0.1) is 17.6 Å². The molecule has 1 amide bonds. The number of Topliss-reactive ketones (excluding diaryl/α,β-unsaturated/α-hetero) is 1. The number of benzene rings is 2. The summed E-state index contributed by atoms with van der Waals surface area (Å²) in [5, 5.41) is 9.31. The first-order chi connectivity index (χ1) is 12.9. The summed E-state index contributed by atoms with van der Waals surface area (Å²) in [6, 6.07) is 9.75. The highest BCUT2D eigenvalue weighted by Gasteiger charge is 2.27. The zero-order valence-corrected chi connectivity index (χ0v) is 15.3. The summed E-state index contributed by atoms with van der Waals surface area (Å²) in [5.74, 6) is -1.78. The van der Waals surface area contributed by atoms with Gasteiger partial charge in [-0.25, -0.2) is 8.78 Å². The highest BCUT2D eigenvalue weighted by molar-refractivity contribution is 8.00. The molecular formula is C20H19F2NO3S. The van der Waals surface area contributed by atoms with Gasteiger partial charge in [-0.3, -0.25) is 9.59 Å². The summed E-state index contributed by atoms with van der Waals surface area (Å²) in [6.45, 7) is 0.983. The van der Waals surface area contributed by atoms with Crippen LogP contribution in [0.1, 0.15) is 23.2 Å². The number of aromatic hydroxyl groups is 1. The Morgan fingerprint density at radius 2 is 1.70 bits per heavy atom. The number of carbonyl (C=O) groups excluding carboxylic acids is 2. The smallest absolute Gasteiger partial charge is 0.232 e. The van der Waals surface area contributed by atoms with Gasteiger partial charge in [-0.15, -0.1) is 11.8 Å². The molecule has 1 N–H and O–H groups in total. The minimum Gasteiger partial charge on any atom is -0.508 e. The van der Waals surface area contributed by atoms with E-state index in [1.54, 1.807) is 17.0 Å². The molecule has 0 aromatic heterocycles. The Morgan fingerprint density at radius 3 is 2.33 bits per heavy atom. The van der Waals surface area contributed by atoms with Gasteiger partial charge in [0.05, 0.1) is 5.75 Å². The van der Waals surface area contributed by atoms with Crippen molar-refractivity contribution in [3.05, 3.63) is 59.7 Å². The van der Waals surface area contributed by atoms with Gasteiger partial charge in [-0.2, -0.15) is 0 Å². The zero-order valence-electron chi connectivity index (χ0n) is 14.5. The molecule has 142 valence electrons. The third kappa shape index (κ3) is 4.86. The lowest BCUT2D eigenvalue weighted by atomic mass is 9.89.